The van der Waals surface area contributed by atoms with E-state index in [9.17, 15) is 0 Å². The number of nitrogens with one attached hydrogen (secondary N) is 1. The van der Waals surface area contributed by atoms with Crippen molar-refractivity contribution in [1.82, 2.24) is 5.32 Å². The van der Waals surface area contributed by atoms with Crippen molar-refractivity contribution in [1.29, 1.82) is 0 Å². The smallest absolute Gasteiger partial charge is 0.161 e. The maximum absolute atomic E-state index is 5.94. The molecule has 0 saturated carbocycles. The maximum Gasteiger partial charge on any atom is 0.161 e. The van der Waals surface area contributed by atoms with Crippen molar-refractivity contribution in [3.8, 4) is 11.5 Å². The van der Waals surface area contributed by atoms with Gasteiger partial charge in [0.05, 0.1) is 13.7 Å². The monoisotopic (exact) mass is 361 g/mol. The SMILES string of the molecule is COc1cc(CN[C@@H](C)c2ccccc2)ccc1OCCc1ccccc1. The van der Waals surface area contributed by atoms with Crippen molar-refractivity contribution in [2.75, 3.05) is 13.7 Å². The molecule has 0 saturated heterocycles. The second kappa shape index (κ2) is 9.79. The average Bonchev–Trinajstić information content (AvgIpc) is 2.74. The maximum atomic E-state index is 5.94. The molecule has 3 aromatic rings. The van der Waals surface area contributed by atoms with E-state index in [-0.39, 0.29) is 0 Å². The van der Waals surface area contributed by atoms with Gasteiger partial charge in [0.2, 0.25) is 0 Å². The number of ether oxygens (including phenoxy) is 2. The number of hydrogen-bond acceptors (Lipinski definition) is 3. The quantitative estimate of drug-likeness (QED) is 0.570. The van der Waals surface area contributed by atoms with Crippen molar-refractivity contribution in [2.45, 2.75) is 25.9 Å². The lowest BCUT2D eigenvalue weighted by molar-refractivity contribution is 0.297. The van der Waals surface area contributed by atoms with Gasteiger partial charge in [-0.3, -0.25) is 0 Å². The summed E-state index contributed by atoms with van der Waals surface area (Å²) >= 11 is 0. The highest BCUT2D eigenvalue weighted by molar-refractivity contribution is 5.43. The van der Waals surface area contributed by atoms with Gasteiger partial charge in [0.1, 0.15) is 0 Å². The molecule has 0 unspecified atom stereocenters. The molecule has 0 radical (unpaired) electrons. The average molecular weight is 361 g/mol. The van der Waals surface area contributed by atoms with Crippen LogP contribution in [0, 0.1) is 0 Å². The Labute approximate surface area is 162 Å². The Balaban J connectivity index is 1.55. The lowest BCUT2D eigenvalue weighted by Crippen LogP contribution is -2.18. The van der Waals surface area contributed by atoms with Crippen LogP contribution in [-0.2, 0) is 13.0 Å². The van der Waals surface area contributed by atoms with E-state index in [0.29, 0.717) is 12.6 Å². The standard InChI is InChI=1S/C24H27NO2/c1-19(22-11-7-4-8-12-22)25-18-21-13-14-23(24(17-21)26-2)27-16-15-20-9-5-3-6-10-20/h3-14,17,19,25H,15-16,18H2,1-2H3/t19-/m0/s1. The Morgan fingerprint density at radius 3 is 2.22 bits per heavy atom. The van der Waals surface area contributed by atoms with Crippen LogP contribution < -0.4 is 14.8 Å². The summed E-state index contributed by atoms with van der Waals surface area (Å²) in [6, 6.07) is 27.2. The first-order chi connectivity index (χ1) is 13.3. The van der Waals surface area contributed by atoms with Gasteiger partial charge in [-0.2, -0.15) is 0 Å². The van der Waals surface area contributed by atoms with Crippen molar-refractivity contribution >= 4 is 0 Å². The van der Waals surface area contributed by atoms with Crippen LogP contribution in [0.2, 0.25) is 0 Å². The van der Waals surface area contributed by atoms with E-state index in [1.807, 2.05) is 36.4 Å². The van der Waals surface area contributed by atoms with E-state index >= 15 is 0 Å². The molecule has 3 heteroatoms. The minimum absolute atomic E-state index is 0.291. The molecule has 3 nitrogen and oxygen atoms in total. The summed E-state index contributed by atoms with van der Waals surface area (Å²) in [6.45, 7) is 3.58. The minimum Gasteiger partial charge on any atom is -0.493 e. The van der Waals surface area contributed by atoms with E-state index in [0.717, 1.165) is 24.5 Å². The molecule has 0 fully saturated rings. The van der Waals surface area contributed by atoms with Crippen molar-refractivity contribution in [2.24, 2.45) is 0 Å². The van der Waals surface area contributed by atoms with Crippen LogP contribution in [0.15, 0.2) is 78.9 Å². The zero-order valence-electron chi connectivity index (χ0n) is 16.0. The molecule has 0 aliphatic heterocycles. The van der Waals surface area contributed by atoms with E-state index in [4.69, 9.17) is 9.47 Å². The van der Waals surface area contributed by atoms with Gasteiger partial charge in [-0.15, -0.1) is 0 Å². The predicted octanol–water partition coefficient (Wildman–Crippen LogP) is 5.17. The topological polar surface area (TPSA) is 30.5 Å². The second-order valence-corrected chi connectivity index (χ2v) is 6.58. The largest absolute Gasteiger partial charge is 0.493 e. The zero-order valence-corrected chi connectivity index (χ0v) is 16.0. The fraction of sp³-hybridized carbons (Fsp3) is 0.250. The van der Waals surface area contributed by atoms with Gasteiger partial charge < -0.3 is 14.8 Å². The third-order valence-corrected chi connectivity index (χ3v) is 4.63. The number of rotatable bonds is 9. The van der Waals surface area contributed by atoms with Gasteiger partial charge in [0.25, 0.3) is 0 Å². The first kappa shape index (κ1) is 19.0. The molecular formula is C24H27NO2. The van der Waals surface area contributed by atoms with Gasteiger partial charge in [-0.05, 0) is 35.7 Å². The normalized spacial score (nSPS) is 11.8. The molecule has 3 aromatic carbocycles. The van der Waals surface area contributed by atoms with Gasteiger partial charge >= 0.3 is 0 Å². The van der Waals surface area contributed by atoms with Crippen LogP contribution >= 0.6 is 0 Å². The molecule has 0 amide bonds. The first-order valence-corrected chi connectivity index (χ1v) is 9.38. The Kier molecular flexibility index (Phi) is 6.89. The molecule has 0 heterocycles. The Morgan fingerprint density at radius 2 is 1.52 bits per heavy atom. The Hall–Kier alpha value is -2.78. The summed E-state index contributed by atoms with van der Waals surface area (Å²) < 4.78 is 11.5. The summed E-state index contributed by atoms with van der Waals surface area (Å²) in [5.74, 6) is 1.56. The van der Waals surface area contributed by atoms with Crippen LogP contribution in [0.4, 0.5) is 0 Å². The van der Waals surface area contributed by atoms with Gasteiger partial charge in [-0.25, -0.2) is 0 Å². The Morgan fingerprint density at radius 1 is 0.815 bits per heavy atom. The summed E-state index contributed by atoms with van der Waals surface area (Å²) in [5.41, 5.74) is 3.72. The van der Waals surface area contributed by atoms with E-state index in [1.165, 1.54) is 16.7 Å². The first-order valence-electron chi connectivity index (χ1n) is 9.38. The van der Waals surface area contributed by atoms with Crippen LogP contribution in [0.1, 0.15) is 29.7 Å². The summed E-state index contributed by atoms with van der Waals surface area (Å²) in [6.07, 6.45) is 0.877. The lowest BCUT2D eigenvalue weighted by atomic mass is 10.1. The van der Waals surface area contributed by atoms with Crippen LogP contribution in [0.25, 0.3) is 0 Å². The van der Waals surface area contributed by atoms with E-state index in [1.54, 1.807) is 7.11 Å². The van der Waals surface area contributed by atoms with Gasteiger partial charge in [-0.1, -0.05) is 66.7 Å². The molecule has 140 valence electrons. The van der Waals surface area contributed by atoms with E-state index < -0.39 is 0 Å². The fourth-order valence-corrected chi connectivity index (χ4v) is 3.00. The van der Waals surface area contributed by atoms with E-state index in [2.05, 4.69) is 54.7 Å². The number of benzene rings is 3. The molecular weight excluding hydrogens is 334 g/mol. The summed E-state index contributed by atoms with van der Waals surface area (Å²) in [7, 11) is 1.68. The molecule has 3 rings (SSSR count). The molecule has 0 aromatic heterocycles. The molecule has 0 spiro atoms. The number of hydrogen-bond donors (Lipinski definition) is 1. The van der Waals surface area contributed by atoms with Crippen molar-refractivity contribution in [3.63, 3.8) is 0 Å². The molecule has 1 N–H and O–H groups in total. The Bertz CT molecular complexity index is 818. The summed E-state index contributed by atoms with van der Waals surface area (Å²) in [5, 5.41) is 3.55. The van der Waals surface area contributed by atoms with Crippen molar-refractivity contribution in [3.05, 3.63) is 95.6 Å². The molecule has 0 bridgehead atoms. The van der Waals surface area contributed by atoms with Crippen LogP contribution in [0.5, 0.6) is 11.5 Å². The third kappa shape index (κ3) is 5.60. The molecule has 0 aliphatic rings. The predicted molar refractivity (Wildman–Crippen MR) is 110 cm³/mol. The van der Waals surface area contributed by atoms with Crippen molar-refractivity contribution < 1.29 is 9.47 Å². The second-order valence-electron chi connectivity index (χ2n) is 6.58. The van der Waals surface area contributed by atoms with Gasteiger partial charge in [0.15, 0.2) is 11.5 Å². The summed E-state index contributed by atoms with van der Waals surface area (Å²) in [4.78, 5) is 0. The lowest BCUT2D eigenvalue weighted by Gasteiger charge is -2.16. The van der Waals surface area contributed by atoms with Crippen LogP contribution in [0.3, 0.4) is 0 Å². The highest BCUT2D eigenvalue weighted by Gasteiger charge is 2.08. The fourth-order valence-electron chi connectivity index (χ4n) is 3.00. The minimum atomic E-state index is 0.291. The zero-order chi connectivity index (χ0) is 18.9. The highest BCUT2D eigenvalue weighted by Crippen LogP contribution is 2.28. The van der Waals surface area contributed by atoms with Crippen LogP contribution in [-0.4, -0.2) is 13.7 Å². The molecule has 1 atom stereocenters. The molecule has 0 aliphatic carbocycles. The molecule has 27 heavy (non-hydrogen) atoms. The highest BCUT2D eigenvalue weighted by atomic mass is 16.5. The number of methoxy groups -OCH3 is 1. The third-order valence-electron chi connectivity index (χ3n) is 4.63. The van der Waals surface area contributed by atoms with Gasteiger partial charge in [0, 0.05) is 19.0 Å².